The van der Waals surface area contributed by atoms with E-state index in [1.807, 2.05) is 24.3 Å². The van der Waals surface area contributed by atoms with Gasteiger partial charge in [0.15, 0.2) is 0 Å². The lowest BCUT2D eigenvalue weighted by atomic mass is 9.45. The van der Waals surface area contributed by atoms with Crippen LogP contribution in [-0.4, -0.2) is 37.8 Å². The summed E-state index contributed by atoms with van der Waals surface area (Å²) in [6.45, 7) is 0.647. The summed E-state index contributed by atoms with van der Waals surface area (Å²) < 4.78 is 45.7. The second-order valence-corrected chi connectivity index (χ2v) is 8.88. The Bertz CT molecular complexity index is 651. The van der Waals surface area contributed by atoms with E-state index >= 15 is 0 Å². The van der Waals surface area contributed by atoms with Gasteiger partial charge in [-0.05, 0) is 71.5 Å². The summed E-state index contributed by atoms with van der Waals surface area (Å²) >= 11 is 2.22. The highest BCUT2D eigenvalue weighted by Crippen LogP contribution is 2.74. The molecule has 2 saturated carbocycles. The van der Waals surface area contributed by atoms with Gasteiger partial charge in [0.1, 0.15) is 12.2 Å². The number of halogens is 4. The van der Waals surface area contributed by atoms with Crippen molar-refractivity contribution in [3.05, 3.63) is 33.4 Å². The zero-order valence-corrected chi connectivity index (χ0v) is 15.7. The molecule has 1 aromatic rings. The molecular weight excluding hydrogens is 430 g/mol. The third-order valence-corrected chi connectivity index (χ3v) is 7.04. The largest absolute Gasteiger partial charge is 0.411 e. The fourth-order valence-electron chi connectivity index (χ4n) is 5.84. The quantitative estimate of drug-likeness (QED) is 0.631. The van der Waals surface area contributed by atoms with Gasteiger partial charge in [0, 0.05) is 22.6 Å². The van der Waals surface area contributed by atoms with E-state index in [-0.39, 0.29) is 17.3 Å². The van der Waals surface area contributed by atoms with Crippen LogP contribution in [0.3, 0.4) is 0 Å². The lowest BCUT2D eigenvalue weighted by Gasteiger charge is -2.63. The highest BCUT2D eigenvalue weighted by molar-refractivity contribution is 14.1. The van der Waals surface area contributed by atoms with Crippen LogP contribution in [0.4, 0.5) is 13.2 Å². The molecule has 4 atom stereocenters. The SMILES string of the molecule is CN1CC2C3(CCCC3C2(OCC(F)(F)F)c2cccc(I)c2)C1. The van der Waals surface area contributed by atoms with E-state index in [1.54, 1.807) is 0 Å². The van der Waals surface area contributed by atoms with Gasteiger partial charge in [-0.1, -0.05) is 18.6 Å². The molecule has 132 valence electrons. The number of hydrogen-bond donors (Lipinski definition) is 0. The van der Waals surface area contributed by atoms with Crippen molar-refractivity contribution in [2.24, 2.45) is 17.3 Å². The van der Waals surface area contributed by atoms with Crippen molar-refractivity contribution in [1.82, 2.24) is 4.90 Å². The summed E-state index contributed by atoms with van der Waals surface area (Å²) in [4.78, 5) is 2.27. The monoisotopic (exact) mass is 451 g/mol. The molecule has 0 bridgehead atoms. The fraction of sp³-hybridized carbons (Fsp3) is 0.667. The van der Waals surface area contributed by atoms with Gasteiger partial charge in [-0.3, -0.25) is 0 Å². The van der Waals surface area contributed by atoms with Crippen LogP contribution in [0.2, 0.25) is 0 Å². The summed E-state index contributed by atoms with van der Waals surface area (Å²) in [5, 5.41) is 0. The summed E-state index contributed by atoms with van der Waals surface area (Å²) in [6.07, 6.45) is -1.12. The van der Waals surface area contributed by atoms with E-state index in [1.165, 1.54) is 0 Å². The van der Waals surface area contributed by atoms with Gasteiger partial charge in [0.05, 0.1) is 0 Å². The third-order valence-electron chi connectivity index (χ3n) is 6.37. The second kappa shape index (κ2) is 5.58. The van der Waals surface area contributed by atoms with Crippen LogP contribution in [0.5, 0.6) is 0 Å². The minimum atomic E-state index is -4.30. The Morgan fingerprint density at radius 2 is 2.12 bits per heavy atom. The molecule has 24 heavy (non-hydrogen) atoms. The van der Waals surface area contributed by atoms with Gasteiger partial charge in [-0.25, -0.2) is 0 Å². The highest BCUT2D eigenvalue weighted by Gasteiger charge is 2.75. The molecule has 3 fully saturated rings. The number of rotatable bonds is 3. The minimum Gasteiger partial charge on any atom is -0.360 e. The lowest BCUT2D eigenvalue weighted by molar-refractivity contribution is -0.295. The molecule has 6 heteroatoms. The van der Waals surface area contributed by atoms with E-state index in [0.717, 1.165) is 41.5 Å². The van der Waals surface area contributed by atoms with E-state index in [2.05, 4.69) is 34.5 Å². The Morgan fingerprint density at radius 3 is 2.83 bits per heavy atom. The minimum absolute atomic E-state index is 0.154. The van der Waals surface area contributed by atoms with E-state index in [4.69, 9.17) is 4.74 Å². The van der Waals surface area contributed by atoms with Gasteiger partial charge >= 0.3 is 6.18 Å². The second-order valence-electron chi connectivity index (χ2n) is 7.63. The number of likely N-dealkylation sites (tertiary alicyclic amines) is 1. The van der Waals surface area contributed by atoms with Crippen molar-refractivity contribution in [1.29, 1.82) is 0 Å². The topological polar surface area (TPSA) is 12.5 Å². The first-order valence-electron chi connectivity index (χ1n) is 8.43. The van der Waals surface area contributed by atoms with Gasteiger partial charge in [-0.2, -0.15) is 13.2 Å². The number of ether oxygens (including phenoxy) is 1. The first-order chi connectivity index (χ1) is 11.3. The van der Waals surface area contributed by atoms with Crippen LogP contribution < -0.4 is 0 Å². The van der Waals surface area contributed by atoms with Gasteiger partial charge in [0.2, 0.25) is 0 Å². The predicted octanol–water partition coefficient (Wildman–Crippen LogP) is 4.43. The molecule has 2 nitrogen and oxygen atoms in total. The van der Waals surface area contributed by atoms with Crippen molar-refractivity contribution in [3.8, 4) is 0 Å². The maximum Gasteiger partial charge on any atom is 0.411 e. The zero-order valence-electron chi connectivity index (χ0n) is 13.6. The van der Waals surface area contributed by atoms with Crippen LogP contribution >= 0.6 is 22.6 Å². The summed E-state index contributed by atoms with van der Waals surface area (Å²) in [5.41, 5.74) is 0.307. The molecule has 1 spiro atoms. The third kappa shape index (κ3) is 2.35. The van der Waals surface area contributed by atoms with E-state index < -0.39 is 18.4 Å². The number of hydrogen-bond acceptors (Lipinski definition) is 2. The van der Waals surface area contributed by atoms with Crippen LogP contribution in [0.15, 0.2) is 24.3 Å². The van der Waals surface area contributed by atoms with Crippen LogP contribution in [0.1, 0.15) is 24.8 Å². The summed E-state index contributed by atoms with van der Waals surface area (Å²) in [5.74, 6) is 0.351. The van der Waals surface area contributed by atoms with Crippen molar-refractivity contribution in [3.63, 3.8) is 0 Å². The Labute approximate surface area is 153 Å². The van der Waals surface area contributed by atoms with E-state index in [0.29, 0.717) is 0 Å². The standard InChI is InChI=1S/C18H21F3INO/c1-23-9-15-16(10-23)7-3-6-14(16)18(15,24-11-17(19,20)21)12-4-2-5-13(22)8-12/h2,4-5,8,14-15H,3,6-7,9-11H2,1H3. The molecule has 0 N–H and O–H groups in total. The molecule has 0 radical (unpaired) electrons. The highest BCUT2D eigenvalue weighted by atomic mass is 127. The predicted molar refractivity (Wildman–Crippen MR) is 93.6 cm³/mol. The maximum absolute atomic E-state index is 13.0. The molecule has 4 unspecified atom stereocenters. The van der Waals surface area contributed by atoms with Crippen molar-refractivity contribution < 1.29 is 17.9 Å². The Morgan fingerprint density at radius 1 is 1.33 bits per heavy atom. The number of benzene rings is 1. The molecule has 1 aliphatic heterocycles. The average Bonchev–Trinajstić information content (AvgIpc) is 3.00. The number of nitrogens with zero attached hydrogens (tertiary/aromatic N) is 1. The van der Waals surface area contributed by atoms with Gasteiger partial charge in [-0.15, -0.1) is 0 Å². The van der Waals surface area contributed by atoms with Gasteiger partial charge in [0.25, 0.3) is 0 Å². The molecule has 0 aromatic heterocycles. The molecule has 0 amide bonds. The van der Waals surface area contributed by atoms with Crippen LogP contribution in [0.25, 0.3) is 0 Å². The van der Waals surface area contributed by atoms with E-state index in [9.17, 15) is 13.2 Å². The molecule has 1 heterocycles. The fourth-order valence-corrected chi connectivity index (χ4v) is 6.39. The van der Waals surface area contributed by atoms with Gasteiger partial charge < -0.3 is 9.64 Å². The molecule has 3 aliphatic rings. The Kier molecular flexibility index (Phi) is 3.97. The smallest absolute Gasteiger partial charge is 0.360 e. The summed E-state index contributed by atoms with van der Waals surface area (Å²) in [7, 11) is 2.08. The van der Waals surface area contributed by atoms with Crippen molar-refractivity contribution >= 4 is 22.6 Å². The first-order valence-corrected chi connectivity index (χ1v) is 9.51. The normalized spacial score (nSPS) is 38.7. The average molecular weight is 451 g/mol. The Balaban J connectivity index is 1.77. The molecule has 4 rings (SSSR count). The van der Waals surface area contributed by atoms with Crippen molar-refractivity contribution in [2.75, 3.05) is 26.7 Å². The first kappa shape index (κ1) is 17.1. The molecule has 1 saturated heterocycles. The van der Waals surface area contributed by atoms with Crippen LogP contribution in [-0.2, 0) is 10.3 Å². The lowest BCUT2D eigenvalue weighted by Crippen LogP contribution is -2.66. The maximum atomic E-state index is 13.0. The zero-order chi connectivity index (χ0) is 17.2. The number of alkyl halides is 3. The molecule has 1 aromatic carbocycles. The van der Waals surface area contributed by atoms with Crippen LogP contribution in [0, 0.1) is 20.8 Å². The molecular formula is C18H21F3INO. The summed E-state index contributed by atoms with van der Waals surface area (Å²) in [6, 6.07) is 7.88. The van der Waals surface area contributed by atoms with Crippen molar-refractivity contribution in [2.45, 2.75) is 31.0 Å². The molecule has 2 aliphatic carbocycles. The Hall–Kier alpha value is -0.340.